The zero-order valence-electron chi connectivity index (χ0n) is 4.22. The predicted molar refractivity (Wildman–Crippen MR) is 30.6 cm³/mol. The summed E-state index contributed by atoms with van der Waals surface area (Å²) in [5.41, 5.74) is 1.26. The predicted octanol–water partition coefficient (Wildman–Crippen LogP) is 0.701. The molecule has 1 heterocycles. The van der Waals surface area contributed by atoms with Crippen molar-refractivity contribution in [3.63, 3.8) is 0 Å². The van der Waals surface area contributed by atoms with Gasteiger partial charge in [-0.2, -0.15) is 0 Å². The quantitative estimate of drug-likeness (QED) is 0.551. The SMILES string of the molecule is CCc1cc[se]n1. The van der Waals surface area contributed by atoms with Crippen LogP contribution in [0.25, 0.3) is 0 Å². The summed E-state index contributed by atoms with van der Waals surface area (Å²) in [6.07, 6.45) is 1.10. The standard InChI is InChI=1S/C5H7NSe/c1-2-5-3-4-7-6-5/h3-4H,2H2,1H3. The van der Waals surface area contributed by atoms with E-state index >= 15 is 0 Å². The van der Waals surface area contributed by atoms with Crippen LogP contribution in [0.3, 0.4) is 0 Å². The van der Waals surface area contributed by atoms with E-state index in [2.05, 4.69) is 21.9 Å². The molecule has 0 bridgehead atoms. The molecule has 0 amide bonds. The number of nitrogens with zero attached hydrogens (tertiary/aromatic N) is 1. The van der Waals surface area contributed by atoms with Gasteiger partial charge in [0.05, 0.1) is 0 Å². The summed E-state index contributed by atoms with van der Waals surface area (Å²) in [4.78, 5) is 2.14. The van der Waals surface area contributed by atoms with Crippen molar-refractivity contribution in [1.82, 2.24) is 3.98 Å². The Morgan fingerprint density at radius 1 is 1.86 bits per heavy atom. The molecule has 0 spiro atoms. The third-order valence-corrected chi connectivity index (χ3v) is 2.11. The third kappa shape index (κ3) is 1.15. The molecule has 1 aromatic heterocycles. The molecule has 0 saturated carbocycles. The second-order valence-electron chi connectivity index (χ2n) is 1.34. The molecule has 0 aliphatic heterocycles. The van der Waals surface area contributed by atoms with E-state index < -0.39 is 0 Å². The van der Waals surface area contributed by atoms with Gasteiger partial charge < -0.3 is 0 Å². The van der Waals surface area contributed by atoms with Crippen molar-refractivity contribution >= 4 is 14.7 Å². The van der Waals surface area contributed by atoms with Crippen LogP contribution in [0.1, 0.15) is 12.6 Å². The molecule has 7 heavy (non-hydrogen) atoms. The van der Waals surface area contributed by atoms with Crippen LogP contribution in [0.4, 0.5) is 0 Å². The molecule has 0 aliphatic carbocycles. The summed E-state index contributed by atoms with van der Waals surface area (Å²) in [6, 6.07) is 2.11. The molecule has 0 aliphatic rings. The Morgan fingerprint density at radius 3 is 3.00 bits per heavy atom. The van der Waals surface area contributed by atoms with Gasteiger partial charge in [0.15, 0.2) is 0 Å². The van der Waals surface area contributed by atoms with Gasteiger partial charge in [-0.05, 0) is 0 Å². The summed E-state index contributed by atoms with van der Waals surface area (Å²) in [5, 5.41) is 0. The number of hydrogen-bond acceptors (Lipinski definition) is 1. The molecule has 0 atom stereocenters. The molecule has 1 nitrogen and oxygen atoms in total. The monoisotopic (exact) mass is 161 g/mol. The number of aryl methyl sites for hydroxylation is 1. The maximum atomic E-state index is 4.22. The van der Waals surface area contributed by atoms with Crippen molar-refractivity contribution in [3.05, 3.63) is 16.7 Å². The van der Waals surface area contributed by atoms with Gasteiger partial charge in [-0.3, -0.25) is 0 Å². The van der Waals surface area contributed by atoms with Gasteiger partial charge in [0, 0.05) is 0 Å². The molecule has 0 saturated heterocycles. The zero-order valence-corrected chi connectivity index (χ0v) is 5.93. The number of rotatable bonds is 1. The fraction of sp³-hybridized carbons (Fsp3) is 0.400. The van der Waals surface area contributed by atoms with Crippen LogP contribution < -0.4 is 0 Å². The van der Waals surface area contributed by atoms with Crippen LogP contribution in [-0.2, 0) is 6.42 Å². The molecular weight excluding hydrogens is 153 g/mol. The van der Waals surface area contributed by atoms with Crippen molar-refractivity contribution in [2.24, 2.45) is 0 Å². The second-order valence-corrected chi connectivity index (χ2v) is 2.74. The molecule has 0 fully saturated rings. The minimum atomic E-state index is 0.450. The van der Waals surface area contributed by atoms with Gasteiger partial charge in [0.1, 0.15) is 0 Å². The van der Waals surface area contributed by atoms with E-state index in [1.165, 1.54) is 5.69 Å². The average molecular weight is 160 g/mol. The van der Waals surface area contributed by atoms with Crippen LogP contribution in [0.15, 0.2) is 11.0 Å². The Labute approximate surface area is 49.4 Å². The van der Waals surface area contributed by atoms with E-state index in [9.17, 15) is 0 Å². The Balaban J connectivity index is 2.76. The van der Waals surface area contributed by atoms with E-state index in [1.807, 2.05) is 0 Å². The van der Waals surface area contributed by atoms with Crippen LogP contribution in [0, 0.1) is 0 Å². The first kappa shape index (κ1) is 5.07. The summed E-state index contributed by atoms with van der Waals surface area (Å²) in [7, 11) is 0. The Hall–Kier alpha value is -0.0705. The third-order valence-electron chi connectivity index (χ3n) is 0.853. The van der Waals surface area contributed by atoms with Gasteiger partial charge in [-0.1, -0.05) is 0 Å². The number of hydrogen-bond donors (Lipinski definition) is 0. The first-order chi connectivity index (χ1) is 3.43. The molecule has 38 valence electrons. The van der Waals surface area contributed by atoms with Gasteiger partial charge in [-0.25, -0.2) is 0 Å². The van der Waals surface area contributed by atoms with Crippen molar-refractivity contribution in [3.8, 4) is 0 Å². The average Bonchev–Trinajstić information content (AvgIpc) is 2.14. The van der Waals surface area contributed by atoms with E-state index in [-0.39, 0.29) is 0 Å². The normalized spacial score (nSPS) is 9.29. The van der Waals surface area contributed by atoms with Crippen LogP contribution in [0.5, 0.6) is 0 Å². The van der Waals surface area contributed by atoms with Crippen molar-refractivity contribution in [2.75, 3.05) is 0 Å². The Morgan fingerprint density at radius 2 is 2.71 bits per heavy atom. The maximum absolute atomic E-state index is 4.22. The van der Waals surface area contributed by atoms with Gasteiger partial charge >= 0.3 is 48.8 Å². The second kappa shape index (κ2) is 2.29. The molecule has 0 unspecified atom stereocenters. The summed E-state index contributed by atoms with van der Waals surface area (Å²) < 4.78 is 4.22. The van der Waals surface area contributed by atoms with Crippen molar-refractivity contribution in [2.45, 2.75) is 13.3 Å². The summed E-state index contributed by atoms with van der Waals surface area (Å²) >= 11 is 0.450. The molecule has 1 aromatic rings. The van der Waals surface area contributed by atoms with Gasteiger partial charge in [-0.15, -0.1) is 0 Å². The Bertz CT molecular complexity index is 123. The molecule has 2 heteroatoms. The van der Waals surface area contributed by atoms with Crippen LogP contribution >= 0.6 is 0 Å². The molecule has 0 aromatic carbocycles. The van der Waals surface area contributed by atoms with E-state index in [0.717, 1.165) is 6.42 Å². The van der Waals surface area contributed by atoms with Crippen molar-refractivity contribution < 1.29 is 0 Å². The molecule has 0 radical (unpaired) electrons. The molecule has 1 rings (SSSR count). The number of aromatic nitrogens is 1. The molecule has 0 N–H and O–H groups in total. The first-order valence-electron chi connectivity index (χ1n) is 2.32. The minimum absolute atomic E-state index is 0.450. The van der Waals surface area contributed by atoms with Gasteiger partial charge in [0.25, 0.3) is 0 Å². The van der Waals surface area contributed by atoms with E-state index in [4.69, 9.17) is 0 Å². The fourth-order valence-corrected chi connectivity index (χ4v) is 1.69. The fourth-order valence-electron chi connectivity index (χ4n) is 0.420. The van der Waals surface area contributed by atoms with Crippen LogP contribution in [0.2, 0.25) is 0 Å². The van der Waals surface area contributed by atoms with Crippen molar-refractivity contribution in [1.29, 1.82) is 0 Å². The summed E-state index contributed by atoms with van der Waals surface area (Å²) in [5.74, 6) is 0. The van der Waals surface area contributed by atoms with Gasteiger partial charge in [0.2, 0.25) is 0 Å². The van der Waals surface area contributed by atoms with E-state index in [0.29, 0.717) is 14.7 Å². The zero-order chi connectivity index (χ0) is 5.11. The van der Waals surface area contributed by atoms with Crippen LogP contribution in [-0.4, -0.2) is 18.7 Å². The summed E-state index contributed by atoms with van der Waals surface area (Å²) in [6.45, 7) is 2.13. The topological polar surface area (TPSA) is 12.9 Å². The van der Waals surface area contributed by atoms with E-state index in [1.54, 1.807) is 0 Å². The first-order valence-corrected chi connectivity index (χ1v) is 4.08. The Kier molecular flexibility index (Phi) is 1.66. The molecular formula is C5H7NSe.